The number of rotatable bonds is 9. The number of likely N-dealkylation sites (tertiary alicyclic amines) is 1. The van der Waals surface area contributed by atoms with Gasteiger partial charge >= 0.3 is 0 Å². The second kappa shape index (κ2) is 11.9. The van der Waals surface area contributed by atoms with Crippen LogP contribution in [0.2, 0.25) is 0 Å². The number of likely N-dealkylation sites (N-methyl/N-ethyl adjacent to an activating group) is 1. The molecule has 1 aliphatic heterocycles. The van der Waals surface area contributed by atoms with E-state index in [1.54, 1.807) is 0 Å². The molecule has 2 rings (SSSR count). The average molecular weight is 417 g/mol. The Labute approximate surface area is 182 Å². The van der Waals surface area contributed by atoms with Gasteiger partial charge in [-0.05, 0) is 58.5 Å². The zero-order chi connectivity index (χ0) is 22.1. The summed E-state index contributed by atoms with van der Waals surface area (Å²) < 4.78 is 0. The lowest BCUT2D eigenvalue weighted by molar-refractivity contribution is 0.0951. The number of amides is 1. The van der Waals surface area contributed by atoms with E-state index >= 15 is 0 Å². The Balaban J connectivity index is 1.98. The first-order valence-corrected chi connectivity index (χ1v) is 11.1. The summed E-state index contributed by atoms with van der Waals surface area (Å²) in [5.41, 5.74) is 1.70. The van der Waals surface area contributed by atoms with E-state index in [0.29, 0.717) is 36.7 Å². The Hall–Kier alpha value is -2.12. The highest BCUT2D eigenvalue weighted by Crippen LogP contribution is 2.18. The fourth-order valence-electron chi connectivity index (χ4n) is 3.59. The zero-order valence-electron chi connectivity index (χ0n) is 19.5. The van der Waals surface area contributed by atoms with Crippen LogP contribution >= 0.6 is 0 Å². The highest BCUT2D eigenvalue weighted by molar-refractivity contribution is 5.94. The van der Waals surface area contributed by atoms with E-state index in [-0.39, 0.29) is 5.91 Å². The molecule has 0 radical (unpaired) electrons. The lowest BCUT2D eigenvalue weighted by Gasteiger charge is -2.22. The molecule has 0 saturated carbocycles. The molecule has 0 spiro atoms. The number of carbonyl (C=O) groups is 1. The van der Waals surface area contributed by atoms with Crippen LogP contribution in [-0.4, -0.2) is 80.6 Å². The van der Waals surface area contributed by atoms with E-state index in [4.69, 9.17) is 4.99 Å². The van der Waals surface area contributed by atoms with E-state index in [1.165, 1.54) is 0 Å². The molecule has 3 N–H and O–H groups in total. The minimum Gasteiger partial charge on any atom is -0.357 e. The number of nitrogens with zero attached hydrogens (tertiary/aromatic N) is 3. The van der Waals surface area contributed by atoms with Crippen LogP contribution in [0.5, 0.6) is 0 Å². The lowest BCUT2D eigenvalue weighted by atomic mass is 10.1. The number of aliphatic imine (C=N–C) groups is 1. The Morgan fingerprint density at radius 1 is 1.27 bits per heavy atom. The highest BCUT2D eigenvalue weighted by atomic mass is 16.1. The predicted octanol–water partition coefficient (Wildman–Crippen LogP) is 1.76. The smallest absolute Gasteiger partial charge is 0.251 e. The number of hydrogen-bond donors (Lipinski definition) is 3. The van der Waals surface area contributed by atoms with Gasteiger partial charge < -0.3 is 20.9 Å². The molecule has 2 atom stereocenters. The molecule has 2 unspecified atom stereocenters. The summed E-state index contributed by atoms with van der Waals surface area (Å²) in [6.07, 6.45) is 0. The van der Waals surface area contributed by atoms with E-state index in [2.05, 4.69) is 48.5 Å². The van der Waals surface area contributed by atoms with Gasteiger partial charge in [0.15, 0.2) is 5.96 Å². The van der Waals surface area contributed by atoms with Crippen LogP contribution in [0, 0.1) is 5.92 Å². The Morgan fingerprint density at radius 3 is 2.67 bits per heavy atom. The second-order valence-electron chi connectivity index (χ2n) is 8.73. The fourth-order valence-corrected chi connectivity index (χ4v) is 3.59. The summed E-state index contributed by atoms with van der Waals surface area (Å²) in [6, 6.07) is 8.66. The predicted molar refractivity (Wildman–Crippen MR) is 125 cm³/mol. The summed E-state index contributed by atoms with van der Waals surface area (Å²) in [7, 11) is 3.99. The SMILES string of the molecule is CCNC(=NCc1cccc(C(=O)NCCN(C)C)c1)NC1CN(C(C)C)CC1C. The maximum atomic E-state index is 12.4. The van der Waals surface area contributed by atoms with Crippen LogP contribution in [-0.2, 0) is 6.54 Å². The molecule has 7 heteroatoms. The Kier molecular flexibility index (Phi) is 9.59. The number of guanidine groups is 1. The molecule has 1 aromatic carbocycles. The van der Waals surface area contributed by atoms with Gasteiger partial charge in [0.2, 0.25) is 0 Å². The molecule has 30 heavy (non-hydrogen) atoms. The first kappa shape index (κ1) is 24.2. The van der Waals surface area contributed by atoms with Crippen LogP contribution in [0.1, 0.15) is 43.6 Å². The van der Waals surface area contributed by atoms with Crippen molar-refractivity contribution < 1.29 is 4.79 Å². The van der Waals surface area contributed by atoms with Crippen molar-refractivity contribution in [3.63, 3.8) is 0 Å². The maximum absolute atomic E-state index is 12.4. The third kappa shape index (κ3) is 7.61. The molecule has 1 fully saturated rings. The third-order valence-corrected chi connectivity index (χ3v) is 5.49. The summed E-state index contributed by atoms with van der Waals surface area (Å²) in [5.74, 6) is 1.37. The van der Waals surface area contributed by atoms with Gasteiger partial charge in [-0.1, -0.05) is 19.1 Å². The van der Waals surface area contributed by atoms with Gasteiger partial charge in [0.25, 0.3) is 5.91 Å². The molecule has 1 saturated heterocycles. The molecular formula is C23H40N6O. The van der Waals surface area contributed by atoms with Gasteiger partial charge in [-0.3, -0.25) is 9.69 Å². The standard InChI is InChI=1S/C23H40N6O/c1-7-24-23(27-21-16-29(17(2)3)15-18(21)4)26-14-19-9-8-10-20(13-19)22(30)25-11-12-28(5)6/h8-10,13,17-18,21H,7,11-12,14-16H2,1-6H3,(H,25,30)(H2,24,26,27). The topological polar surface area (TPSA) is 72.0 Å². The lowest BCUT2D eigenvalue weighted by Crippen LogP contribution is -2.46. The molecule has 1 aliphatic rings. The molecular weight excluding hydrogens is 376 g/mol. The van der Waals surface area contributed by atoms with Gasteiger partial charge in [-0.2, -0.15) is 0 Å². The van der Waals surface area contributed by atoms with E-state index < -0.39 is 0 Å². The number of benzene rings is 1. The van der Waals surface area contributed by atoms with Crippen LogP contribution in [0.25, 0.3) is 0 Å². The molecule has 1 amide bonds. The molecule has 0 aliphatic carbocycles. The van der Waals surface area contributed by atoms with Crippen molar-refractivity contribution in [2.45, 2.75) is 46.3 Å². The number of hydrogen-bond acceptors (Lipinski definition) is 4. The van der Waals surface area contributed by atoms with Crippen molar-refractivity contribution in [1.82, 2.24) is 25.8 Å². The molecule has 1 aromatic rings. The van der Waals surface area contributed by atoms with Gasteiger partial charge in [0.1, 0.15) is 0 Å². The summed E-state index contributed by atoms with van der Waals surface area (Å²) in [6.45, 7) is 13.8. The molecule has 1 heterocycles. The van der Waals surface area contributed by atoms with Crippen molar-refractivity contribution in [3.05, 3.63) is 35.4 Å². The largest absolute Gasteiger partial charge is 0.357 e. The van der Waals surface area contributed by atoms with E-state index in [1.807, 2.05) is 43.3 Å². The van der Waals surface area contributed by atoms with Gasteiger partial charge in [-0.25, -0.2) is 4.99 Å². The van der Waals surface area contributed by atoms with Crippen molar-refractivity contribution in [2.24, 2.45) is 10.9 Å². The van der Waals surface area contributed by atoms with Crippen LogP contribution in [0.15, 0.2) is 29.3 Å². The molecule has 0 bridgehead atoms. The summed E-state index contributed by atoms with van der Waals surface area (Å²) in [4.78, 5) is 21.7. The third-order valence-electron chi connectivity index (χ3n) is 5.49. The van der Waals surface area contributed by atoms with E-state index in [0.717, 1.165) is 37.7 Å². The zero-order valence-corrected chi connectivity index (χ0v) is 19.5. The first-order valence-electron chi connectivity index (χ1n) is 11.1. The molecule has 168 valence electrons. The van der Waals surface area contributed by atoms with Gasteiger partial charge in [0, 0.05) is 50.4 Å². The fraction of sp³-hybridized carbons (Fsp3) is 0.652. The average Bonchev–Trinajstić information content (AvgIpc) is 3.07. The van der Waals surface area contributed by atoms with Crippen molar-refractivity contribution in [3.8, 4) is 0 Å². The molecule has 7 nitrogen and oxygen atoms in total. The van der Waals surface area contributed by atoms with Gasteiger partial charge in [-0.15, -0.1) is 0 Å². The van der Waals surface area contributed by atoms with Crippen LogP contribution < -0.4 is 16.0 Å². The minimum atomic E-state index is -0.0405. The minimum absolute atomic E-state index is 0.0405. The van der Waals surface area contributed by atoms with Crippen molar-refractivity contribution >= 4 is 11.9 Å². The second-order valence-corrected chi connectivity index (χ2v) is 8.73. The van der Waals surface area contributed by atoms with E-state index in [9.17, 15) is 4.79 Å². The van der Waals surface area contributed by atoms with Crippen LogP contribution in [0.3, 0.4) is 0 Å². The summed E-state index contributed by atoms with van der Waals surface area (Å²) in [5, 5.41) is 9.93. The quantitative estimate of drug-likeness (QED) is 0.423. The summed E-state index contributed by atoms with van der Waals surface area (Å²) >= 11 is 0. The number of carbonyl (C=O) groups excluding carboxylic acids is 1. The maximum Gasteiger partial charge on any atom is 0.251 e. The highest BCUT2D eigenvalue weighted by Gasteiger charge is 2.31. The molecule has 0 aromatic heterocycles. The Morgan fingerprint density at radius 2 is 2.03 bits per heavy atom. The van der Waals surface area contributed by atoms with Crippen LogP contribution in [0.4, 0.5) is 0 Å². The monoisotopic (exact) mass is 416 g/mol. The van der Waals surface area contributed by atoms with Crippen molar-refractivity contribution in [1.29, 1.82) is 0 Å². The Bertz CT molecular complexity index is 703. The normalized spacial score (nSPS) is 20.1. The van der Waals surface area contributed by atoms with Crippen molar-refractivity contribution in [2.75, 3.05) is 46.8 Å². The van der Waals surface area contributed by atoms with Gasteiger partial charge in [0.05, 0.1) is 6.54 Å². The number of nitrogens with one attached hydrogen (secondary N) is 3. The first-order chi connectivity index (χ1) is 14.3.